The summed E-state index contributed by atoms with van der Waals surface area (Å²) >= 11 is 5.88. The van der Waals surface area contributed by atoms with Gasteiger partial charge in [0.15, 0.2) is 0 Å². The van der Waals surface area contributed by atoms with Gasteiger partial charge in [-0.15, -0.1) is 0 Å². The highest BCUT2D eigenvalue weighted by Crippen LogP contribution is 2.19. The number of nitrogens with zero attached hydrogens (tertiary/aromatic N) is 1. The topological polar surface area (TPSA) is 66.5 Å². The van der Waals surface area contributed by atoms with Gasteiger partial charge in [-0.1, -0.05) is 23.7 Å². The predicted molar refractivity (Wildman–Crippen MR) is 94.9 cm³/mol. The lowest BCUT2D eigenvalue weighted by atomic mass is 10.2. The molecule has 0 aliphatic rings. The number of carbonyl (C=O) groups is 1. The highest BCUT2D eigenvalue weighted by Gasteiger charge is 2.28. The smallest absolute Gasteiger partial charge is 0.343 e. The van der Waals surface area contributed by atoms with Crippen LogP contribution in [-0.2, 0) is 16.6 Å². The predicted octanol–water partition coefficient (Wildman–Crippen LogP) is 3.45. The molecule has 0 fully saturated rings. The van der Waals surface area contributed by atoms with Crippen LogP contribution in [0.15, 0.2) is 53.4 Å². The van der Waals surface area contributed by atoms with Crippen molar-refractivity contribution in [1.29, 1.82) is 0 Å². The maximum absolute atomic E-state index is 12.6. The third-order valence-corrected chi connectivity index (χ3v) is 5.62. The molecule has 10 heteroatoms. The molecule has 0 bridgehead atoms. The fourth-order valence-corrected chi connectivity index (χ4v) is 3.59. The second kappa shape index (κ2) is 8.28. The van der Waals surface area contributed by atoms with E-state index in [1.165, 1.54) is 19.2 Å². The first-order valence-corrected chi connectivity index (χ1v) is 9.46. The summed E-state index contributed by atoms with van der Waals surface area (Å²) in [6.07, 6.45) is -4.53. The molecule has 0 heterocycles. The third-order valence-electron chi connectivity index (χ3n) is 3.57. The van der Waals surface area contributed by atoms with Crippen LogP contribution in [0.1, 0.15) is 15.9 Å². The van der Waals surface area contributed by atoms with Crippen LogP contribution in [0.3, 0.4) is 0 Å². The van der Waals surface area contributed by atoms with Crippen LogP contribution < -0.4 is 5.32 Å². The summed E-state index contributed by atoms with van der Waals surface area (Å²) in [4.78, 5) is 11.6. The van der Waals surface area contributed by atoms with E-state index in [2.05, 4.69) is 0 Å². The van der Waals surface area contributed by atoms with Crippen molar-refractivity contribution in [3.05, 3.63) is 64.7 Å². The van der Waals surface area contributed by atoms with Gasteiger partial charge in [-0.05, 0) is 42.0 Å². The molecule has 1 N–H and O–H groups in total. The standard InChI is InChI=1S/C17H16ClF3N2O3S/c1-23(10-12-3-2-4-14(18)9-12)27(25,26)15-7-5-13(6-8-15)16(24)22-11-17(19,20)21/h2-9H,10-11H2,1H3,(H,22,24). The molecule has 2 aromatic carbocycles. The molecule has 2 aromatic rings. The summed E-state index contributed by atoms with van der Waals surface area (Å²) in [6.45, 7) is -1.38. The first kappa shape index (κ1) is 21.2. The van der Waals surface area contributed by atoms with Gasteiger partial charge in [-0.3, -0.25) is 4.79 Å². The van der Waals surface area contributed by atoms with Gasteiger partial charge in [0, 0.05) is 24.2 Å². The van der Waals surface area contributed by atoms with Crippen molar-refractivity contribution in [2.75, 3.05) is 13.6 Å². The van der Waals surface area contributed by atoms with E-state index in [1.807, 2.05) is 0 Å². The first-order chi connectivity index (χ1) is 12.5. The van der Waals surface area contributed by atoms with Gasteiger partial charge in [0.25, 0.3) is 5.91 Å². The van der Waals surface area contributed by atoms with Crippen molar-refractivity contribution in [2.24, 2.45) is 0 Å². The Morgan fingerprint density at radius 3 is 2.33 bits per heavy atom. The highest BCUT2D eigenvalue weighted by atomic mass is 35.5. The van der Waals surface area contributed by atoms with Gasteiger partial charge in [0.05, 0.1) is 4.90 Å². The third kappa shape index (κ3) is 5.95. The monoisotopic (exact) mass is 420 g/mol. The Hall–Kier alpha value is -2.10. The number of sulfonamides is 1. The van der Waals surface area contributed by atoms with E-state index >= 15 is 0 Å². The quantitative estimate of drug-likeness (QED) is 0.778. The van der Waals surface area contributed by atoms with E-state index < -0.39 is 28.7 Å². The molecule has 0 saturated heterocycles. The van der Waals surface area contributed by atoms with Crippen LogP contribution in [0, 0.1) is 0 Å². The summed E-state index contributed by atoms with van der Waals surface area (Å²) in [5.41, 5.74) is 0.618. The Morgan fingerprint density at radius 1 is 1.15 bits per heavy atom. The number of rotatable bonds is 6. The molecule has 0 saturated carbocycles. The van der Waals surface area contributed by atoms with Gasteiger partial charge in [0.1, 0.15) is 6.54 Å². The minimum Gasteiger partial charge on any atom is -0.343 e. The summed E-state index contributed by atoms with van der Waals surface area (Å²) in [5, 5.41) is 2.20. The fourth-order valence-electron chi connectivity index (χ4n) is 2.22. The molecule has 146 valence electrons. The van der Waals surface area contributed by atoms with Gasteiger partial charge in [0.2, 0.25) is 10.0 Å². The van der Waals surface area contributed by atoms with Crippen LogP contribution in [0.5, 0.6) is 0 Å². The average Bonchev–Trinajstić information content (AvgIpc) is 2.59. The van der Waals surface area contributed by atoms with Crippen molar-refractivity contribution >= 4 is 27.5 Å². The molecule has 0 aromatic heterocycles. The summed E-state index contributed by atoms with van der Waals surface area (Å²) in [7, 11) is -2.46. The molecule has 2 rings (SSSR count). The molecular weight excluding hydrogens is 405 g/mol. The Bertz CT molecular complexity index is 916. The lowest BCUT2D eigenvalue weighted by molar-refractivity contribution is -0.123. The SMILES string of the molecule is CN(Cc1cccc(Cl)c1)S(=O)(=O)c1ccc(C(=O)NCC(F)(F)F)cc1. The highest BCUT2D eigenvalue weighted by molar-refractivity contribution is 7.89. The van der Waals surface area contributed by atoms with E-state index in [-0.39, 0.29) is 17.0 Å². The number of hydrogen-bond acceptors (Lipinski definition) is 3. The average molecular weight is 421 g/mol. The lowest BCUT2D eigenvalue weighted by Crippen LogP contribution is -2.33. The molecule has 0 radical (unpaired) electrons. The molecule has 0 unspecified atom stereocenters. The second-order valence-corrected chi connectivity index (χ2v) is 8.19. The second-order valence-electron chi connectivity index (χ2n) is 5.71. The first-order valence-electron chi connectivity index (χ1n) is 7.65. The lowest BCUT2D eigenvalue weighted by Gasteiger charge is -2.17. The largest absolute Gasteiger partial charge is 0.405 e. The van der Waals surface area contributed by atoms with Crippen LogP contribution in [-0.4, -0.2) is 38.4 Å². The number of carbonyl (C=O) groups excluding carboxylic acids is 1. The number of alkyl halides is 3. The minimum absolute atomic E-state index is 0.0734. The zero-order valence-corrected chi connectivity index (χ0v) is 15.7. The Kier molecular flexibility index (Phi) is 6.50. The number of benzene rings is 2. The summed E-state index contributed by atoms with van der Waals surface area (Å²) in [5.74, 6) is -0.941. The molecule has 27 heavy (non-hydrogen) atoms. The zero-order chi connectivity index (χ0) is 20.2. The molecule has 0 spiro atoms. The van der Waals surface area contributed by atoms with E-state index in [9.17, 15) is 26.4 Å². The summed E-state index contributed by atoms with van der Waals surface area (Å²) in [6, 6.07) is 11.4. The van der Waals surface area contributed by atoms with Crippen molar-refractivity contribution in [2.45, 2.75) is 17.6 Å². The molecule has 5 nitrogen and oxygen atoms in total. The number of amides is 1. The van der Waals surface area contributed by atoms with Gasteiger partial charge in [-0.25, -0.2) is 8.42 Å². The molecule has 0 aliphatic carbocycles. The van der Waals surface area contributed by atoms with E-state index in [4.69, 9.17) is 11.6 Å². The van der Waals surface area contributed by atoms with E-state index in [0.29, 0.717) is 10.6 Å². The molecule has 0 atom stereocenters. The maximum atomic E-state index is 12.6. The fraction of sp³-hybridized carbons (Fsp3) is 0.235. The minimum atomic E-state index is -4.53. The van der Waals surface area contributed by atoms with Crippen LogP contribution >= 0.6 is 11.6 Å². The van der Waals surface area contributed by atoms with Crippen molar-refractivity contribution < 1.29 is 26.4 Å². The Balaban J connectivity index is 2.11. The Morgan fingerprint density at radius 2 is 1.78 bits per heavy atom. The zero-order valence-electron chi connectivity index (χ0n) is 14.1. The van der Waals surface area contributed by atoms with Gasteiger partial charge < -0.3 is 5.32 Å². The van der Waals surface area contributed by atoms with Gasteiger partial charge >= 0.3 is 6.18 Å². The van der Waals surface area contributed by atoms with Crippen molar-refractivity contribution in [3.63, 3.8) is 0 Å². The van der Waals surface area contributed by atoms with Crippen LogP contribution in [0.4, 0.5) is 13.2 Å². The van der Waals surface area contributed by atoms with Gasteiger partial charge in [-0.2, -0.15) is 17.5 Å². The number of halogens is 4. The number of nitrogens with one attached hydrogen (secondary N) is 1. The summed E-state index contributed by atoms with van der Waals surface area (Å²) < 4.78 is 62.7. The molecule has 1 amide bonds. The van der Waals surface area contributed by atoms with E-state index in [0.717, 1.165) is 16.4 Å². The molecule has 0 aliphatic heterocycles. The Labute approximate surface area is 159 Å². The van der Waals surface area contributed by atoms with Crippen molar-refractivity contribution in [1.82, 2.24) is 9.62 Å². The number of hydrogen-bond donors (Lipinski definition) is 1. The van der Waals surface area contributed by atoms with E-state index in [1.54, 1.807) is 29.6 Å². The maximum Gasteiger partial charge on any atom is 0.405 e. The van der Waals surface area contributed by atoms with Crippen LogP contribution in [0.2, 0.25) is 5.02 Å². The normalized spacial score (nSPS) is 12.2. The van der Waals surface area contributed by atoms with Crippen LogP contribution in [0.25, 0.3) is 0 Å². The van der Waals surface area contributed by atoms with Crippen molar-refractivity contribution in [3.8, 4) is 0 Å². The molecular formula is C17H16ClF3N2O3S.